The standard InChI is InChI=1S/C22H24N6O3/c1-13-18(10-24-14(2)26-13)22(30)27-9-8-15(12-27)20(29)19-11-25-28(21(19)23)16-4-6-17(31-3)7-5-16/h4-7,10-11,15H,8-9,12,23H2,1-3H3. The number of carbonyl (C=O) groups is 2. The van der Waals surface area contributed by atoms with E-state index in [1.165, 1.54) is 10.9 Å². The minimum atomic E-state index is -0.327. The Morgan fingerprint density at radius 3 is 2.55 bits per heavy atom. The molecule has 1 saturated heterocycles. The molecule has 0 radical (unpaired) electrons. The Morgan fingerprint density at radius 1 is 1.13 bits per heavy atom. The number of hydrogen-bond donors (Lipinski definition) is 1. The summed E-state index contributed by atoms with van der Waals surface area (Å²) >= 11 is 0. The summed E-state index contributed by atoms with van der Waals surface area (Å²) in [5.74, 6) is 1.02. The lowest BCUT2D eigenvalue weighted by atomic mass is 9.98. The van der Waals surface area contributed by atoms with Crippen LogP contribution in [0.15, 0.2) is 36.7 Å². The molecule has 1 amide bonds. The van der Waals surface area contributed by atoms with Gasteiger partial charge in [-0.25, -0.2) is 14.6 Å². The number of amides is 1. The van der Waals surface area contributed by atoms with Gasteiger partial charge in [-0.05, 0) is 44.5 Å². The van der Waals surface area contributed by atoms with E-state index in [-0.39, 0.29) is 23.4 Å². The van der Waals surface area contributed by atoms with Crippen LogP contribution < -0.4 is 10.5 Å². The zero-order chi connectivity index (χ0) is 22.1. The number of carbonyl (C=O) groups excluding carboxylic acids is 2. The summed E-state index contributed by atoms with van der Waals surface area (Å²) in [5.41, 5.74) is 8.44. The molecule has 160 valence electrons. The van der Waals surface area contributed by atoms with Crippen molar-refractivity contribution in [3.63, 3.8) is 0 Å². The van der Waals surface area contributed by atoms with Crippen molar-refractivity contribution >= 4 is 17.5 Å². The van der Waals surface area contributed by atoms with Crippen LogP contribution in [-0.2, 0) is 0 Å². The topological polar surface area (TPSA) is 116 Å². The fourth-order valence-corrected chi connectivity index (χ4v) is 3.82. The summed E-state index contributed by atoms with van der Waals surface area (Å²) in [4.78, 5) is 36.1. The first-order valence-electron chi connectivity index (χ1n) is 10.0. The van der Waals surface area contributed by atoms with E-state index >= 15 is 0 Å². The number of Topliss-reactive ketones (excluding diaryl/α,β-unsaturated/α-hetero) is 1. The van der Waals surface area contributed by atoms with Crippen LogP contribution in [0.4, 0.5) is 5.82 Å². The van der Waals surface area contributed by atoms with Gasteiger partial charge in [-0.15, -0.1) is 0 Å². The number of hydrogen-bond acceptors (Lipinski definition) is 7. The third-order valence-electron chi connectivity index (χ3n) is 5.57. The Balaban J connectivity index is 1.49. The molecule has 31 heavy (non-hydrogen) atoms. The minimum Gasteiger partial charge on any atom is -0.497 e. The number of ether oxygens (including phenoxy) is 1. The van der Waals surface area contributed by atoms with E-state index in [0.29, 0.717) is 42.2 Å². The second-order valence-corrected chi connectivity index (χ2v) is 7.57. The average Bonchev–Trinajstić information content (AvgIpc) is 3.40. The number of rotatable bonds is 5. The molecular weight excluding hydrogens is 396 g/mol. The molecule has 1 aliphatic heterocycles. The number of likely N-dealkylation sites (tertiary alicyclic amines) is 1. The van der Waals surface area contributed by atoms with E-state index in [4.69, 9.17) is 10.5 Å². The molecule has 2 aromatic heterocycles. The Hall–Kier alpha value is -3.75. The first kappa shape index (κ1) is 20.5. The van der Waals surface area contributed by atoms with Crippen molar-refractivity contribution in [1.82, 2.24) is 24.6 Å². The highest BCUT2D eigenvalue weighted by Crippen LogP contribution is 2.27. The lowest BCUT2D eigenvalue weighted by molar-refractivity contribution is 0.0778. The number of nitrogens with two attached hydrogens (primary N) is 1. The smallest absolute Gasteiger partial charge is 0.257 e. The highest BCUT2D eigenvalue weighted by atomic mass is 16.5. The van der Waals surface area contributed by atoms with Gasteiger partial charge in [0.25, 0.3) is 5.91 Å². The molecule has 2 N–H and O–H groups in total. The van der Waals surface area contributed by atoms with Crippen molar-refractivity contribution < 1.29 is 14.3 Å². The number of benzene rings is 1. The van der Waals surface area contributed by atoms with Crippen LogP contribution in [-0.4, -0.2) is 56.5 Å². The fourth-order valence-electron chi connectivity index (χ4n) is 3.82. The number of nitrogen functional groups attached to an aromatic ring is 1. The van der Waals surface area contributed by atoms with E-state index in [1.54, 1.807) is 44.2 Å². The Morgan fingerprint density at radius 2 is 1.87 bits per heavy atom. The van der Waals surface area contributed by atoms with Gasteiger partial charge in [0.05, 0.1) is 35.8 Å². The van der Waals surface area contributed by atoms with Gasteiger partial charge in [-0.2, -0.15) is 5.10 Å². The number of nitrogens with zero attached hydrogens (tertiary/aromatic N) is 5. The molecule has 0 saturated carbocycles. The predicted octanol–water partition coefficient (Wildman–Crippen LogP) is 2.21. The van der Waals surface area contributed by atoms with Gasteiger partial charge in [-0.1, -0.05) is 0 Å². The molecule has 3 heterocycles. The zero-order valence-corrected chi connectivity index (χ0v) is 17.7. The lowest BCUT2D eigenvalue weighted by Gasteiger charge is -2.17. The van der Waals surface area contributed by atoms with Crippen molar-refractivity contribution in [2.75, 3.05) is 25.9 Å². The van der Waals surface area contributed by atoms with Gasteiger partial charge < -0.3 is 15.4 Å². The molecule has 1 aliphatic rings. The molecule has 1 unspecified atom stereocenters. The number of aryl methyl sites for hydroxylation is 2. The SMILES string of the molecule is COc1ccc(-n2ncc(C(=O)C3CCN(C(=O)c4cnc(C)nc4C)C3)c2N)cc1. The minimum absolute atomic E-state index is 0.107. The van der Waals surface area contributed by atoms with Crippen molar-refractivity contribution in [3.8, 4) is 11.4 Å². The summed E-state index contributed by atoms with van der Waals surface area (Å²) in [7, 11) is 1.59. The largest absolute Gasteiger partial charge is 0.497 e. The highest BCUT2D eigenvalue weighted by Gasteiger charge is 2.34. The van der Waals surface area contributed by atoms with Crippen LogP contribution in [0.25, 0.3) is 5.69 Å². The summed E-state index contributed by atoms with van der Waals surface area (Å²) in [6.45, 7) is 4.39. The van der Waals surface area contributed by atoms with Crippen molar-refractivity contribution in [2.24, 2.45) is 5.92 Å². The fraction of sp³-hybridized carbons (Fsp3) is 0.318. The quantitative estimate of drug-likeness (QED) is 0.629. The van der Waals surface area contributed by atoms with Crippen LogP contribution in [0.1, 0.15) is 38.7 Å². The molecule has 1 atom stereocenters. The molecule has 9 nitrogen and oxygen atoms in total. The number of anilines is 1. The summed E-state index contributed by atoms with van der Waals surface area (Å²) < 4.78 is 6.69. The normalized spacial score (nSPS) is 15.8. The molecule has 1 fully saturated rings. The Kier molecular flexibility index (Phi) is 5.41. The summed E-state index contributed by atoms with van der Waals surface area (Å²) in [6, 6.07) is 7.24. The van der Waals surface area contributed by atoms with Crippen molar-refractivity contribution in [2.45, 2.75) is 20.3 Å². The number of aromatic nitrogens is 4. The third kappa shape index (κ3) is 3.86. The zero-order valence-electron chi connectivity index (χ0n) is 17.7. The molecule has 9 heteroatoms. The number of methoxy groups -OCH3 is 1. The van der Waals surface area contributed by atoms with Crippen LogP contribution in [0.5, 0.6) is 5.75 Å². The molecule has 0 aliphatic carbocycles. The van der Waals surface area contributed by atoms with E-state index in [2.05, 4.69) is 15.1 Å². The second kappa shape index (κ2) is 8.17. The first-order chi connectivity index (χ1) is 14.9. The van der Waals surface area contributed by atoms with Crippen molar-refractivity contribution in [1.29, 1.82) is 0 Å². The van der Waals surface area contributed by atoms with E-state index in [0.717, 1.165) is 11.4 Å². The van der Waals surface area contributed by atoms with Gasteiger partial charge in [0, 0.05) is 25.2 Å². The molecule has 4 rings (SSSR count). The van der Waals surface area contributed by atoms with Gasteiger partial charge in [-0.3, -0.25) is 9.59 Å². The molecule has 1 aromatic carbocycles. The van der Waals surface area contributed by atoms with Crippen LogP contribution in [0, 0.1) is 19.8 Å². The molecule has 3 aromatic rings. The Bertz CT molecular complexity index is 1140. The maximum atomic E-state index is 13.1. The lowest BCUT2D eigenvalue weighted by Crippen LogP contribution is -2.31. The van der Waals surface area contributed by atoms with E-state index < -0.39 is 0 Å². The average molecular weight is 420 g/mol. The van der Waals surface area contributed by atoms with E-state index in [9.17, 15) is 9.59 Å². The van der Waals surface area contributed by atoms with Crippen LogP contribution >= 0.6 is 0 Å². The first-order valence-corrected chi connectivity index (χ1v) is 10.0. The maximum Gasteiger partial charge on any atom is 0.257 e. The monoisotopic (exact) mass is 420 g/mol. The van der Waals surface area contributed by atoms with Gasteiger partial charge >= 0.3 is 0 Å². The third-order valence-corrected chi connectivity index (χ3v) is 5.57. The van der Waals surface area contributed by atoms with E-state index in [1.807, 2.05) is 12.1 Å². The molecule has 0 bridgehead atoms. The van der Waals surface area contributed by atoms with Crippen molar-refractivity contribution in [3.05, 3.63) is 59.3 Å². The Labute approximate surface area is 179 Å². The van der Waals surface area contributed by atoms with Gasteiger partial charge in [0.2, 0.25) is 0 Å². The highest BCUT2D eigenvalue weighted by molar-refractivity contribution is 6.03. The second-order valence-electron chi connectivity index (χ2n) is 7.57. The van der Waals surface area contributed by atoms with Gasteiger partial charge in [0.1, 0.15) is 17.4 Å². The summed E-state index contributed by atoms with van der Waals surface area (Å²) in [5, 5.41) is 4.29. The maximum absolute atomic E-state index is 13.1. The number of ketones is 1. The van der Waals surface area contributed by atoms with Gasteiger partial charge in [0.15, 0.2) is 5.78 Å². The van der Waals surface area contributed by atoms with Crippen LogP contribution in [0.2, 0.25) is 0 Å². The molecular formula is C22H24N6O3. The molecule has 0 spiro atoms. The van der Waals surface area contributed by atoms with Crippen LogP contribution in [0.3, 0.4) is 0 Å². The summed E-state index contributed by atoms with van der Waals surface area (Å²) in [6.07, 6.45) is 3.61. The predicted molar refractivity (Wildman–Crippen MR) is 114 cm³/mol.